The van der Waals surface area contributed by atoms with Crippen LogP contribution < -0.4 is 4.90 Å². The molecular weight excluding hydrogens is 242 g/mol. The van der Waals surface area contributed by atoms with Gasteiger partial charge in [0.05, 0.1) is 10.9 Å². The number of hydrogen-bond donors (Lipinski definition) is 0. The molecule has 1 aromatic heterocycles. The first kappa shape index (κ1) is 10.8. The predicted octanol–water partition coefficient (Wildman–Crippen LogP) is 1.56. The maximum atomic E-state index is 5.42. The Kier molecular flexibility index (Phi) is 2.60. The Balaban J connectivity index is 1.62. The van der Waals surface area contributed by atoms with E-state index >= 15 is 0 Å². The molecule has 3 rings (SSSR count). The van der Waals surface area contributed by atoms with Crippen molar-refractivity contribution >= 4 is 28.2 Å². The first-order valence-electron chi connectivity index (χ1n) is 5.43. The minimum absolute atomic E-state index is 0.431. The average Bonchev–Trinajstić information content (AvgIpc) is 2.81. The fourth-order valence-electron chi connectivity index (χ4n) is 2.37. The second-order valence-electron chi connectivity index (χ2n) is 4.52. The molecule has 0 amide bonds. The van der Waals surface area contributed by atoms with E-state index in [2.05, 4.69) is 26.9 Å². The van der Waals surface area contributed by atoms with Gasteiger partial charge in [-0.15, -0.1) is 22.0 Å². The maximum Gasteiger partial charge on any atom is 0.208 e. The molecule has 1 aromatic rings. The van der Waals surface area contributed by atoms with E-state index < -0.39 is 0 Å². The summed E-state index contributed by atoms with van der Waals surface area (Å²) in [7, 11) is 1.81. The Labute approximate surface area is 103 Å². The summed E-state index contributed by atoms with van der Waals surface area (Å²) in [5.74, 6) is 1.14. The maximum absolute atomic E-state index is 5.42. The Bertz CT molecular complexity index is 389. The predicted molar refractivity (Wildman–Crippen MR) is 67.5 cm³/mol. The summed E-state index contributed by atoms with van der Waals surface area (Å²) in [6.45, 7) is 4.21. The van der Waals surface area contributed by atoms with Gasteiger partial charge in [0, 0.05) is 26.0 Å². The molecule has 2 aliphatic heterocycles. The van der Waals surface area contributed by atoms with Gasteiger partial charge < -0.3 is 9.64 Å². The lowest BCUT2D eigenvalue weighted by Crippen LogP contribution is -2.59. The van der Waals surface area contributed by atoms with Crippen LogP contribution in [0.4, 0.5) is 5.13 Å². The minimum atomic E-state index is 0.431. The largest absolute Gasteiger partial charge is 0.381 e. The van der Waals surface area contributed by atoms with Crippen LogP contribution in [0.25, 0.3) is 0 Å². The molecule has 0 N–H and O–H groups in total. The fraction of sp³-hybridized carbons (Fsp3) is 0.800. The zero-order chi connectivity index (χ0) is 11.2. The SMILES string of the molecule is COC1CSC2(C1)CN(c1nnc(C)s1)C2. The van der Waals surface area contributed by atoms with Gasteiger partial charge in [-0.3, -0.25) is 0 Å². The second kappa shape index (κ2) is 3.85. The first-order valence-corrected chi connectivity index (χ1v) is 7.23. The number of aryl methyl sites for hydroxylation is 1. The molecule has 1 unspecified atom stereocenters. The molecule has 0 saturated carbocycles. The highest BCUT2D eigenvalue weighted by Crippen LogP contribution is 2.47. The Hall–Kier alpha value is -0.330. The summed E-state index contributed by atoms with van der Waals surface area (Å²) in [6, 6.07) is 0. The van der Waals surface area contributed by atoms with Crippen LogP contribution in [-0.4, -0.2) is 47.0 Å². The van der Waals surface area contributed by atoms with E-state index in [1.54, 1.807) is 11.3 Å². The van der Waals surface area contributed by atoms with Crippen molar-refractivity contribution < 1.29 is 4.74 Å². The average molecular weight is 257 g/mol. The molecule has 1 spiro atoms. The van der Waals surface area contributed by atoms with Gasteiger partial charge in [0.1, 0.15) is 5.01 Å². The van der Waals surface area contributed by atoms with Crippen LogP contribution in [0.5, 0.6) is 0 Å². The molecule has 16 heavy (non-hydrogen) atoms. The normalized spacial score (nSPS) is 27.4. The third-order valence-electron chi connectivity index (χ3n) is 3.25. The summed E-state index contributed by atoms with van der Waals surface area (Å²) in [5.41, 5.74) is 0. The number of ether oxygens (including phenoxy) is 1. The highest BCUT2D eigenvalue weighted by atomic mass is 32.2. The smallest absolute Gasteiger partial charge is 0.208 e. The van der Waals surface area contributed by atoms with Crippen LogP contribution in [-0.2, 0) is 4.74 Å². The van der Waals surface area contributed by atoms with E-state index in [4.69, 9.17) is 4.74 Å². The minimum Gasteiger partial charge on any atom is -0.381 e. The van der Waals surface area contributed by atoms with Gasteiger partial charge in [-0.1, -0.05) is 11.3 Å². The highest BCUT2D eigenvalue weighted by molar-refractivity contribution is 8.01. The van der Waals surface area contributed by atoms with Crippen LogP contribution in [0.15, 0.2) is 0 Å². The summed E-state index contributed by atoms with van der Waals surface area (Å²) >= 11 is 3.74. The monoisotopic (exact) mass is 257 g/mol. The molecule has 4 nitrogen and oxygen atoms in total. The summed E-state index contributed by atoms with van der Waals surface area (Å²) in [5, 5.41) is 10.4. The van der Waals surface area contributed by atoms with E-state index in [9.17, 15) is 0 Å². The zero-order valence-corrected chi connectivity index (χ0v) is 11.1. The van der Waals surface area contributed by atoms with Crippen LogP contribution in [0.3, 0.4) is 0 Å². The first-order chi connectivity index (χ1) is 7.71. The molecule has 1 atom stereocenters. The van der Waals surface area contributed by atoms with Gasteiger partial charge in [0.15, 0.2) is 0 Å². The molecular formula is C10H15N3OS2. The molecule has 2 aliphatic rings. The number of rotatable bonds is 2. The Morgan fingerprint density at radius 1 is 1.44 bits per heavy atom. The lowest BCUT2D eigenvalue weighted by molar-refractivity contribution is 0.109. The fourth-order valence-corrected chi connectivity index (χ4v) is 4.65. The molecule has 88 valence electrons. The molecule has 0 aromatic carbocycles. The van der Waals surface area contributed by atoms with Crippen molar-refractivity contribution in [3.05, 3.63) is 5.01 Å². The lowest BCUT2D eigenvalue weighted by Gasteiger charge is -2.47. The van der Waals surface area contributed by atoms with Crippen molar-refractivity contribution in [2.75, 3.05) is 30.9 Å². The number of hydrogen-bond acceptors (Lipinski definition) is 6. The van der Waals surface area contributed by atoms with E-state index in [-0.39, 0.29) is 0 Å². The van der Waals surface area contributed by atoms with Crippen molar-refractivity contribution in [1.29, 1.82) is 0 Å². The van der Waals surface area contributed by atoms with E-state index in [1.165, 1.54) is 6.42 Å². The zero-order valence-electron chi connectivity index (χ0n) is 9.47. The van der Waals surface area contributed by atoms with Crippen molar-refractivity contribution in [3.63, 3.8) is 0 Å². The Morgan fingerprint density at radius 3 is 2.81 bits per heavy atom. The quantitative estimate of drug-likeness (QED) is 0.804. The van der Waals surface area contributed by atoms with Crippen LogP contribution in [0, 0.1) is 6.92 Å². The van der Waals surface area contributed by atoms with Crippen molar-refractivity contribution in [2.24, 2.45) is 0 Å². The highest BCUT2D eigenvalue weighted by Gasteiger charge is 2.50. The number of anilines is 1. The number of nitrogens with zero attached hydrogens (tertiary/aromatic N) is 3. The van der Waals surface area contributed by atoms with Crippen molar-refractivity contribution in [1.82, 2.24) is 10.2 Å². The van der Waals surface area contributed by atoms with Gasteiger partial charge >= 0.3 is 0 Å². The van der Waals surface area contributed by atoms with Crippen LogP contribution in [0.1, 0.15) is 11.4 Å². The molecule has 0 bridgehead atoms. The van der Waals surface area contributed by atoms with Gasteiger partial charge in [-0.2, -0.15) is 0 Å². The van der Waals surface area contributed by atoms with E-state index in [0.29, 0.717) is 10.9 Å². The van der Waals surface area contributed by atoms with Gasteiger partial charge in [0.2, 0.25) is 5.13 Å². The Morgan fingerprint density at radius 2 is 2.25 bits per heavy atom. The molecule has 2 saturated heterocycles. The molecule has 3 heterocycles. The lowest BCUT2D eigenvalue weighted by atomic mass is 9.93. The van der Waals surface area contributed by atoms with Gasteiger partial charge in [-0.25, -0.2) is 0 Å². The van der Waals surface area contributed by atoms with Gasteiger partial charge in [-0.05, 0) is 13.3 Å². The molecule has 6 heteroatoms. The van der Waals surface area contributed by atoms with Crippen molar-refractivity contribution in [2.45, 2.75) is 24.2 Å². The summed E-state index contributed by atoms with van der Waals surface area (Å²) in [4.78, 5) is 2.33. The topological polar surface area (TPSA) is 38.2 Å². The third kappa shape index (κ3) is 1.72. The van der Waals surface area contributed by atoms with E-state index in [1.807, 2.05) is 14.0 Å². The summed E-state index contributed by atoms with van der Waals surface area (Å²) < 4.78 is 5.85. The van der Waals surface area contributed by atoms with Crippen LogP contribution >= 0.6 is 23.1 Å². The van der Waals surface area contributed by atoms with E-state index in [0.717, 1.165) is 29.0 Å². The third-order valence-corrected chi connectivity index (χ3v) is 5.73. The molecule has 0 radical (unpaired) electrons. The van der Waals surface area contributed by atoms with Gasteiger partial charge in [0.25, 0.3) is 0 Å². The number of methoxy groups -OCH3 is 1. The number of aromatic nitrogens is 2. The number of thioether (sulfide) groups is 1. The molecule has 2 fully saturated rings. The van der Waals surface area contributed by atoms with Crippen molar-refractivity contribution in [3.8, 4) is 0 Å². The standard InChI is InChI=1S/C10H15N3OS2/c1-7-11-12-9(16-7)13-5-10(6-13)3-8(14-2)4-15-10/h8H,3-6H2,1-2H3. The summed E-state index contributed by atoms with van der Waals surface area (Å²) in [6.07, 6.45) is 1.63. The molecule has 0 aliphatic carbocycles. The van der Waals surface area contributed by atoms with Crippen LogP contribution in [0.2, 0.25) is 0 Å². The second-order valence-corrected chi connectivity index (χ2v) is 7.16.